The van der Waals surface area contributed by atoms with Gasteiger partial charge in [-0.25, -0.2) is 0 Å². The molecule has 144 valence electrons. The number of carbonyl (C=O) groups excluding carboxylic acids is 1. The zero-order valence-electron chi connectivity index (χ0n) is 15.6. The second-order valence-corrected chi connectivity index (χ2v) is 6.76. The molecule has 3 aromatic heterocycles. The van der Waals surface area contributed by atoms with Gasteiger partial charge >= 0.3 is 0 Å². The van der Waals surface area contributed by atoms with Gasteiger partial charge in [-0.1, -0.05) is 5.16 Å². The van der Waals surface area contributed by atoms with Gasteiger partial charge in [-0.3, -0.25) is 19.7 Å². The number of piperazine rings is 1. The van der Waals surface area contributed by atoms with Crippen LogP contribution in [0.1, 0.15) is 17.9 Å². The lowest BCUT2D eigenvalue weighted by Crippen LogP contribution is -2.48. The highest BCUT2D eigenvalue weighted by Crippen LogP contribution is 2.15. The molecule has 0 unspecified atom stereocenters. The van der Waals surface area contributed by atoms with Crippen molar-refractivity contribution in [2.45, 2.75) is 19.4 Å². The molecular weight excluding hydrogens is 356 g/mol. The van der Waals surface area contributed by atoms with Crippen LogP contribution in [0, 0.1) is 0 Å². The third-order valence-corrected chi connectivity index (χ3v) is 4.84. The van der Waals surface area contributed by atoms with Gasteiger partial charge in [-0.2, -0.15) is 4.98 Å². The van der Waals surface area contributed by atoms with Crippen LogP contribution in [0.15, 0.2) is 53.6 Å². The normalized spacial score (nSPS) is 14.9. The molecule has 0 aromatic carbocycles. The van der Waals surface area contributed by atoms with E-state index in [1.54, 1.807) is 12.4 Å². The van der Waals surface area contributed by atoms with Crippen LogP contribution in [0.2, 0.25) is 0 Å². The lowest BCUT2D eigenvalue weighted by Gasteiger charge is -2.34. The van der Waals surface area contributed by atoms with Gasteiger partial charge in [0.05, 0.1) is 0 Å². The van der Waals surface area contributed by atoms with E-state index in [2.05, 4.69) is 25.0 Å². The Morgan fingerprint density at radius 1 is 0.964 bits per heavy atom. The Balaban J connectivity index is 1.23. The lowest BCUT2D eigenvalue weighted by molar-refractivity contribution is -0.133. The first kappa shape index (κ1) is 18.2. The van der Waals surface area contributed by atoms with E-state index in [4.69, 9.17) is 4.52 Å². The number of aryl methyl sites for hydroxylation is 1. The molecule has 0 atom stereocenters. The summed E-state index contributed by atoms with van der Waals surface area (Å²) in [4.78, 5) is 29.2. The molecule has 8 nitrogen and oxygen atoms in total. The molecule has 4 heterocycles. The van der Waals surface area contributed by atoms with E-state index in [9.17, 15) is 4.79 Å². The summed E-state index contributed by atoms with van der Waals surface area (Å²) in [6.07, 6.45) is 7.82. The van der Waals surface area contributed by atoms with Crippen LogP contribution in [0.3, 0.4) is 0 Å². The predicted molar refractivity (Wildman–Crippen MR) is 102 cm³/mol. The zero-order valence-corrected chi connectivity index (χ0v) is 15.6. The SMILES string of the molecule is O=C(CCc1nc(-c2ccncc2)no1)N1CCN(Cc2ccncc2)CC1. The summed E-state index contributed by atoms with van der Waals surface area (Å²) in [7, 11) is 0. The van der Waals surface area contributed by atoms with E-state index in [-0.39, 0.29) is 5.91 Å². The Morgan fingerprint density at radius 2 is 1.64 bits per heavy atom. The minimum Gasteiger partial charge on any atom is -0.340 e. The van der Waals surface area contributed by atoms with Gasteiger partial charge in [-0.05, 0) is 29.8 Å². The maximum absolute atomic E-state index is 12.5. The van der Waals surface area contributed by atoms with Gasteiger partial charge in [-0.15, -0.1) is 0 Å². The summed E-state index contributed by atoms with van der Waals surface area (Å²) in [5.41, 5.74) is 2.10. The number of nitrogens with zero attached hydrogens (tertiary/aromatic N) is 6. The van der Waals surface area contributed by atoms with Gasteiger partial charge in [0.25, 0.3) is 0 Å². The number of aromatic nitrogens is 4. The lowest BCUT2D eigenvalue weighted by atomic mass is 10.2. The van der Waals surface area contributed by atoms with Crippen molar-refractivity contribution in [3.8, 4) is 11.4 Å². The molecule has 1 fully saturated rings. The van der Waals surface area contributed by atoms with Crippen molar-refractivity contribution in [3.63, 3.8) is 0 Å². The molecule has 1 saturated heterocycles. The second-order valence-electron chi connectivity index (χ2n) is 6.76. The van der Waals surface area contributed by atoms with Crippen molar-refractivity contribution in [1.29, 1.82) is 0 Å². The molecular formula is C20H22N6O2. The minimum absolute atomic E-state index is 0.132. The first-order valence-corrected chi connectivity index (χ1v) is 9.40. The third-order valence-electron chi connectivity index (χ3n) is 4.84. The number of amides is 1. The fourth-order valence-corrected chi connectivity index (χ4v) is 3.25. The van der Waals surface area contributed by atoms with Crippen LogP contribution in [-0.4, -0.2) is 62.0 Å². The molecule has 0 saturated carbocycles. The maximum atomic E-state index is 12.5. The molecule has 0 aliphatic carbocycles. The summed E-state index contributed by atoms with van der Waals surface area (Å²) in [5, 5.41) is 3.98. The second kappa shape index (κ2) is 8.71. The van der Waals surface area contributed by atoms with Crippen LogP contribution in [-0.2, 0) is 17.8 Å². The summed E-state index contributed by atoms with van der Waals surface area (Å²) in [6, 6.07) is 7.71. The quantitative estimate of drug-likeness (QED) is 0.646. The largest absolute Gasteiger partial charge is 0.340 e. The van der Waals surface area contributed by atoms with Crippen molar-refractivity contribution < 1.29 is 9.32 Å². The molecule has 28 heavy (non-hydrogen) atoms. The molecule has 0 N–H and O–H groups in total. The van der Waals surface area contributed by atoms with Crippen molar-refractivity contribution in [1.82, 2.24) is 29.9 Å². The van der Waals surface area contributed by atoms with Crippen molar-refractivity contribution in [3.05, 3.63) is 60.5 Å². The van der Waals surface area contributed by atoms with Gasteiger partial charge in [0.15, 0.2) is 0 Å². The number of hydrogen-bond acceptors (Lipinski definition) is 7. The van der Waals surface area contributed by atoms with Crippen LogP contribution >= 0.6 is 0 Å². The average molecular weight is 378 g/mol. The molecule has 3 aromatic rings. The monoisotopic (exact) mass is 378 g/mol. The van der Waals surface area contributed by atoms with E-state index in [0.29, 0.717) is 24.6 Å². The zero-order chi connectivity index (χ0) is 19.2. The molecule has 1 aliphatic heterocycles. The van der Waals surface area contributed by atoms with Gasteiger partial charge in [0.1, 0.15) is 0 Å². The molecule has 0 bridgehead atoms. The maximum Gasteiger partial charge on any atom is 0.227 e. The Bertz CT molecular complexity index is 891. The molecule has 0 spiro atoms. The van der Waals surface area contributed by atoms with E-state index in [0.717, 1.165) is 38.3 Å². The average Bonchev–Trinajstić information content (AvgIpc) is 3.23. The fourth-order valence-electron chi connectivity index (χ4n) is 3.25. The van der Waals surface area contributed by atoms with Crippen LogP contribution in [0.25, 0.3) is 11.4 Å². The molecule has 1 amide bonds. The summed E-state index contributed by atoms with van der Waals surface area (Å²) in [5.74, 6) is 1.14. The first-order chi connectivity index (χ1) is 13.8. The highest BCUT2D eigenvalue weighted by molar-refractivity contribution is 5.76. The van der Waals surface area contributed by atoms with Gasteiger partial charge in [0.2, 0.25) is 17.6 Å². The van der Waals surface area contributed by atoms with Crippen LogP contribution in [0.5, 0.6) is 0 Å². The Morgan fingerprint density at radius 3 is 2.36 bits per heavy atom. The summed E-state index contributed by atoms with van der Waals surface area (Å²) in [6.45, 7) is 4.14. The molecule has 0 radical (unpaired) electrons. The Kier molecular flexibility index (Phi) is 5.67. The summed E-state index contributed by atoms with van der Waals surface area (Å²) < 4.78 is 5.27. The number of pyridine rings is 2. The number of rotatable bonds is 6. The number of hydrogen-bond donors (Lipinski definition) is 0. The van der Waals surface area contributed by atoms with Gasteiger partial charge in [0, 0.05) is 75.9 Å². The highest BCUT2D eigenvalue weighted by atomic mass is 16.5. The van der Waals surface area contributed by atoms with Crippen molar-refractivity contribution in [2.24, 2.45) is 0 Å². The van der Waals surface area contributed by atoms with Crippen LogP contribution in [0.4, 0.5) is 0 Å². The third kappa shape index (κ3) is 4.58. The topological polar surface area (TPSA) is 88.2 Å². The van der Waals surface area contributed by atoms with Crippen molar-refractivity contribution >= 4 is 5.91 Å². The highest BCUT2D eigenvalue weighted by Gasteiger charge is 2.21. The van der Waals surface area contributed by atoms with E-state index >= 15 is 0 Å². The molecule has 8 heteroatoms. The van der Waals surface area contributed by atoms with E-state index < -0.39 is 0 Å². The Hall–Kier alpha value is -3.13. The summed E-state index contributed by atoms with van der Waals surface area (Å²) >= 11 is 0. The molecule has 4 rings (SSSR count). The van der Waals surface area contributed by atoms with Gasteiger partial charge < -0.3 is 9.42 Å². The standard InChI is InChI=1S/C20H22N6O2/c27-19(2-1-18-23-20(24-28-18)17-5-9-22-10-6-17)26-13-11-25(12-14-26)15-16-3-7-21-8-4-16/h3-10H,1-2,11-15H2. The smallest absolute Gasteiger partial charge is 0.227 e. The molecule has 1 aliphatic rings. The van der Waals surface area contributed by atoms with E-state index in [1.165, 1.54) is 5.56 Å². The van der Waals surface area contributed by atoms with E-state index in [1.807, 2.05) is 41.6 Å². The van der Waals surface area contributed by atoms with Crippen LogP contribution < -0.4 is 0 Å². The predicted octanol–water partition coefficient (Wildman–Crippen LogP) is 1.80. The minimum atomic E-state index is 0.132. The fraction of sp³-hybridized carbons (Fsp3) is 0.350. The van der Waals surface area contributed by atoms with Crippen molar-refractivity contribution in [2.75, 3.05) is 26.2 Å². The first-order valence-electron chi connectivity index (χ1n) is 9.40. The Labute approximate surface area is 163 Å². The number of carbonyl (C=O) groups is 1.